The minimum atomic E-state index is -0.684. The molecule has 0 spiro atoms. The first-order chi connectivity index (χ1) is 21.9. The molecule has 2 aromatic heterocycles. The van der Waals surface area contributed by atoms with E-state index in [0.717, 1.165) is 39.6 Å². The number of nitrogens with zero attached hydrogens (tertiary/aromatic N) is 3. The standard InChI is InChI=1S/C36H39BrN4O5/c1-23-14-25(15-33(43)46-36(2,3)4)21-41(20-23)31-12-13-38-19-27(31)17-32(42)34-30(16-26-10-11-28(37)18-29(26)39-34)40-35(44)45-22-24-8-6-5-7-9-24/h5-13,16,18-19,23,25H,14-15,17,20-22H2,1-4H3,(H,40,44)/t23-,25-/m1/s1. The zero-order valence-corrected chi connectivity index (χ0v) is 28.2. The number of carbonyl (C=O) groups is 3. The third-order valence-corrected chi connectivity index (χ3v) is 8.18. The van der Waals surface area contributed by atoms with Crippen molar-refractivity contribution in [1.82, 2.24) is 9.97 Å². The Bertz CT molecular complexity index is 1720. The van der Waals surface area contributed by atoms with Crippen LogP contribution in [0.3, 0.4) is 0 Å². The van der Waals surface area contributed by atoms with Gasteiger partial charge in [0.15, 0.2) is 5.78 Å². The van der Waals surface area contributed by atoms with E-state index < -0.39 is 11.7 Å². The molecule has 0 unspecified atom stereocenters. The molecule has 2 aromatic carbocycles. The molecule has 5 rings (SSSR count). The number of fused-ring (bicyclic) bond motifs is 1. The molecule has 10 heteroatoms. The van der Waals surface area contributed by atoms with Gasteiger partial charge in [0.25, 0.3) is 0 Å². The Kier molecular flexibility index (Phi) is 10.4. The van der Waals surface area contributed by atoms with Crippen molar-refractivity contribution in [2.75, 3.05) is 23.3 Å². The molecule has 0 radical (unpaired) electrons. The molecule has 2 atom stereocenters. The number of esters is 1. The minimum absolute atomic E-state index is 0.0189. The zero-order chi connectivity index (χ0) is 32.8. The van der Waals surface area contributed by atoms with Gasteiger partial charge in [-0.2, -0.15) is 0 Å². The number of anilines is 2. The number of rotatable bonds is 9. The number of benzene rings is 2. The molecule has 9 nitrogen and oxygen atoms in total. The van der Waals surface area contributed by atoms with Crippen molar-refractivity contribution in [2.45, 2.75) is 59.2 Å². The van der Waals surface area contributed by atoms with Crippen LogP contribution < -0.4 is 10.2 Å². The molecule has 1 fully saturated rings. The van der Waals surface area contributed by atoms with Crippen LogP contribution in [0.5, 0.6) is 0 Å². The number of ether oxygens (including phenoxy) is 2. The second-order valence-corrected chi connectivity index (χ2v) is 13.8. The van der Waals surface area contributed by atoms with Gasteiger partial charge in [-0.05, 0) is 68.9 Å². The van der Waals surface area contributed by atoms with Crippen LogP contribution in [0.15, 0.2) is 77.5 Å². The molecule has 1 saturated heterocycles. The predicted molar refractivity (Wildman–Crippen MR) is 182 cm³/mol. The normalized spacial score (nSPS) is 16.6. The molecule has 0 saturated carbocycles. The highest BCUT2D eigenvalue weighted by Gasteiger charge is 2.30. The van der Waals surface area contributed by atoms with E-state index in [-0.39, 0.29) is 42.1 Å². The highest BCUT2D eigenvalue weighted by molar-refractivity contribution is 9.10. The lowest BCUT2D eigenvalue weighted by atomic mass is 9.87. The summed E-state index contributed by atoms with van der Waals surface area (Å²) < 4.78 is 11.9. The molecule has 1 amide bonds. The number of halogens is 1. The number of carbonyl (C=O) groups excluding carboxylic acids is 3. The number of Topliss-reactive ketones (excluding diaryl/α,β-unsaturated/α-hetero) is 1. The third-order valence-electron chi connectivity index (χ3n) is 7.68. The Labute approximate surface area is 277 Å². The summed E-state index contributed by atoms with van der Waals surface area (Å²) in [4.78, 5) is 50.7. The van der Waals surface area contributed by atoms with Gasteiger partial charge in [0, 0.05) is 53.0 Å². The largest absolute Gasteiger partial charge is 0.460 e. The number of amides is 1. The van der Waals surface area contributed by atoms with Crippen molar-refractivity contribution in [3.05, 3.63) is 94.4 Å². The molecule has 0 bridgehead atoms. The maximum Gasteiger partial charge on any atom is 0.412 e. The lowest BCUT2D eigenvalue weighted by Gasteiger charge is -2.38. The lowest BCUT2D eigenvalue weighted by Crippen LogP contribution is -2.41. The summed E-state index contributed by atoms with van der Waals surface area (Å²) in [6.45, 7) is 9.34. The van der Waals surface area contributed by atoms with E-state index in [1.54, 1.807) is 18.5 Å². The number of nitrogens with one attached hydrogen (secondary N) is 1. The quantitative estimate of drug-likeness (QED) is 0.141. The van der Waals surface area contributed by atoms with E-state index >= 15 is 0 Å². The van der Waals surface area contributed by atoms with E-state index in [4.69, 9.17) is 14.5 Å². The van der Waals surface area contributed by atoms with Gasteiger partial charge in [0.05, 0.1) is 17.6 Å². The maximum atomic E-state index is 14.0. The molecule has 46 heavy (non-hydrogen) atoms. The van der Waals surface area contributed by atoms with E-state index in [9.17, 15) is 14.4 Å². The number of hydrogen-bond acceptors (Lipinski definition) is 8. The van der Waals surface area contributed by atoms with Crippen molar-refractivity contribution >= 4 is 56.1 Å². The van der Waals surface area contributed by atoms with Gasteiger partial charge in [0.2, 0.25) is 0 Å². The topological polar surface area (TPSA) is 111 Å². The second-order valence-electron chi connectivity index (χ2n) is 12.9. The fraction of sp³-hybridized carbons (Fsp3) is 0.361. The molecular formula is C36H39BrN4O5. The molecule has 1 aliphatic rings. The van der Waals surface area contributed by atoms with Crippen molar-refractivity contribution < 1.29 is 23.9 Å². The SMILES string of the molecule is C[C@@H]1C[C@H](CC(=O)OC(C)(C)C)CN(c2ccncc2CC(=O)c2nc3cc(Br)ccc3cc2NC(=O)OCc2ccccc2)C1. The van der Waals surface area contributed by atoms with Crippen LogP contribution in [0, 0.1) is 11.8 Å². The van der Waals surface area contributed by atoms with E-state index in [0.29, 0.717) is 24.4 Å². The van der Waals surface area contributed by atoms with Crippen molar-refractivity contribution in [3.63, 3.8) is 0 Å². The molecule has 1 N–H and O–H groups in total. The Morgan fingerprint density at radius 1 is 1.04 bits per heavy atom. The number of pyridine rings is 2. The van der Waals surface area contributed by atoms with E-state index in [1.807, 2.05) is 75.4 Å². The van der Waals surface area contributed by atoms with Gasteiger partial charge in [-0.25, -0.2) is 9.78 Å². The fourth-order valence-corrected chi connectivity index (χ4v) is 6.23. The first-order valence-corrected chi connectivity index (χ1v) is 16.2. The summed E-state index contributed by atoms with van der Waals surface area (Å²) in [6.07, 6.45) is 4.01. The van der Waals surface area contributed by atoms with Crippen LogP contribution in [-0.2, 0) is 27.3 Å². The summed E-state index contributed by atoms with van der Waals surface area (Å²) in [6, 6.07) is 18.6. The van der Waals surface area contributed by atoms with Crippen LogP contribution in [0.4, 0.5) is 16.2 Å². The number of ketones is 1. The van der Waals surface area contributed by atoms with Gasteiger partial charge in [-0.3, -0.25) is 19.9 Å². The Hall–Kier alpha value is -4.31. The predicted octanol–water partition coefficient (Wildman–Crippen LogP) is 7.76. The number of hydrogen-bond donors (Lipinski definition) is 1. The number of aromatic nitrogens is 2. The monoisotopic (exact) mass is 686 g/mol. The average molecular weight is 688 g/mol. The van der Waals surface area contributed by atoms with Crippen LogP contribution in [0.2, 0.25) is 0 Å². The molecule has 4 aromatic rings. The van der Waals surface area contributed by atoms with E-state index in [2.05, 4.69) is 38.1 Å². The van der Waals surface area contributed by atoms with Crippen molar-refractivity contribution in [3.8, 4) is 0 Å². The fourth-order valence-electron chi connectivity index (χ4n) is 5.88. The van der Waals surface area contributed by atoms with Crippen LogP contribution in [0.1, 0.15) is 62.2 Å². The van der Waals surface area contributed by atoms with Crippen LogP contribution >= 0.6 is 15.9 Å². The summed E-state index contributed by atoms with van der Waals surface area (Å²) in [5.74, 6) is -0.0114. The molecule has 1 aliphatic heterocycles. The smallest absolute Gasteiger partial charge is 0.412 e. The van der Waals surface area contributed by atoms with Crippen LogP contribution in [-0.4, -0.2) is 46.5 Å². The van der Waals surface area contributed by atoms with Gasteiger partial charge < -0.3 is 14.4 Å². The number of piperidine rings is 1. The maximum absolute atomic E-state index is 14.0. The molecule has 3 heterocycles. The zero-order valence-electron chi connectivity index (χ0n) is 26.6. The first-order valence-electron chi connectivity index (χ1n) is 15.4. The lowest BCUT2D eigenvalue weighted by molar-refractivity contribution is -0.156. The van der Waals surface area contributed by atoms with Gasteiger partial charge >= 0.3 is 12.1 Å². The summed E-state index contributed by atoms with van der Waals surface area (Å²) in [5.41, 5.74) is 2.96. The Balaban J connectivity index is 1.37. The van der Waals surface area contributed by atoms with Gasteiger partial charge in [0.1, 0.15) is 17.9 Å². The third kappa shape index (κ3) is 8.90. The van der Waals surface area contributed by atoms with Crippen molar-refractivity contribution in [2.24, 2.45) is 11.8 Å². The Morgan fingerprint density at radius 3 is 2.59 bits per heavy atom. The summed E-state index contributed by atoms with van der Waals surface area (Å²) >= 11 is 3.48. The molecule has 0 aliphatic carbocycles. The van der Waals surface area contributed by atoms with Crippen LogP contribution in [0.25, 0.3) is 10.9 Å². The molecule has 240 valence electrons. The van der Waals surface area contributed by atoms with Gasteiger partial charge in [-0.1, -0.05) is 59.3 Å². The molecular weight excluding hydrogens is 648 g/mol. The average Bonchev–Trinajstić information content (AvgIpc) is 2.99. The second kappa shape index (κ2) is 14.4. The summed E-state index contributed by atoms with van der Waals surface area (Å²) in [5, 5.41) is 3.51. The highest BCUT2D eigenvalue weighted by Crippen LogP contribution is 2.32. The van der Waals surface area contributed by atoms with E-state index in [1.165, 1.54) is 0 Å². The Morgan fingerprint density at radius 2 is 1.83 bits per heavy atom. The summed E-state index contributed by atoms with van der Waals surface area (Å²) in [7, 11) is 0. The minimum Gasteiger partial charge on any atom is -0.460 e. The highest BCUT2D eigenvalue weighted by atomic mass is 79.9. The van der Waals surface area contributed by atoms with Gasteiger partial charge in [-0.15, -0.1) is 0 Å². The first kappa shape index (κ1) is 33.1. The van der Waals surface area contributed by atoms with Crippen molar-refractivity contribution in [1.29, 1.82) is 0 Å².